The fourth-order valence-electron chi connectivity index (χ4n) is 1.55. The van der Waals surface area contributed by atoms with Gasteiger partial charge in [0, 0.05) is 15.9 Å². The molecular formula is C12H16Br2N2S. The molecule has 1 heterocycles. The van der Waals surface area contributed by atoms with Gasteiger partial charge in [-0.05, 0) is 44.3 Å². The van der Waals surface area contributed by atoms with Gasteiger partial charge >= 0.3 is 0 Å². The van der Waals surface area contributed by atoms with Crippen LogP contribution < -0.4 is 11.1 Å². The third-order valence-electron chi connectivity index (χ3n) is 2.42. The van der Waals surface area contributed by atoms with Crippen LogP contribution in [0.2, 0.25) is 0 Å². The van der Waals surface area contributed by atoms with Crippen molar-refractivity contribution in [3.05, 3.63) is 19.2 Å². The summed E-state index contributed by atoms with van der Waals surface area (Å²) in [7, 11) is 0. The normalized spacial score (nSPS) is 14.3. The molecule has 0 radical (unpaired) electrons. The number of nitrogens with two attached hydrogens (primary N) is 1. The molecule has 0 aliphatic heterocycles. The average Bonchev–Trinajstić information content (AvgIpc) is 2.64. The van der Waals surface area contributed by atoms with E-state index < -0.39 is 0 Å². The highest BCUT2D eigenvalue weighted by atomic mass is 79.9. The highest BCUT2D eigenvalue weighted by Crippen LogP contribution is 2.35. The van der Waals surface area contributed by atoms with Crippen LogP contribution in [0, 0.1) is 12.3 Å². The second-order valence-corrected chi connectivity index (χ2v) is 6.99. The van der Waals surface area contributed by atoms with Crippen LogP contribution in [0.4, 0.5) is 0 Å². The number of nitrogens with one attached hydrogen (secondary N) is 1. The molecule has 94 valence electrons. The standard InChI is InChI=1S/C12H16Br2N2S/c1-3-5-8(4-2)16-10(7-15)11-6-9(13)12(14)17-11/h2,6,8,10,16H,3,5,7,15H2,1H3. The molecule has 0 saturated carbocycles. The van der Waals surface area contributed by atoms with Gasteiger partial charge in [0.05, 0.1) is 15.9 Å². The summed E-state index contributed by atoms with van der Waals surface area (Å²) in [5, 5.41) is 3.42. The summed E-state index contributed by atoms with van der Waals surface area (Å²) in [5.74, 6) is 2.77. The van der Waals surface area contributed by atoms with Crippen molar-refractivity contribution >= 4 is 43.2 Å². The molecule has 0 fully saturated rings. The largest absolute Gasteiger partial charge is 0.329 e. The van der Waals surface area contributed by atoms with Crippen molar-refractivity contribution in [2.75, 3.05) is 6.54 Å². The molecule has 0 amide bonds. The SMILES string of the molecule is C#CC(CCC)NC(CN)c1cc(Br)c(Br)s1. The number of terminal acetylenes is 1. The fourth-order valence-corrected chi connectivity index (χ4v) is 3.71. The molecule has 17 heavy (non-hydrogen) atoms. The van der Waals surface area contributed by atoms with E-state index in [4.69, 9.17) is 12.2 Å². The highest BCUT2D eigenvalue weighted by Gasteiger charge is 2.17. The van der Waals surface area contributed by atoms with Gasteiger partial charge in [-0.1, -0.05) is 19.3 Å². The lowest BCUT2D eigenvalue weighted by Gasteiger charge is -2.20. The Morgan fingerprint density at radius 1 is 1.59 bits per heavy atom. The van der Waals surface area contributed by atoms with Gasteiger partial charge in [-0.2, -0.15) is 0 Å². The summed E-state index contributed by atoms with van der Waals surface area (Å²) in [5.41, 5.74) is 5.81. The molecule has 1 aromatic heterocycles. The predicted molar refractivity (Wildman–Crippen MR) is 82.2 cm³/mol. The average molecular weight is 380 g/mol. The zero-order valence-corrected chi connectivity index (χ0v) is 13.7. The van der Waals surface area contributed by atoms with Crippen LogP contribution in [0.3, 0.4) is 0 Å². The van der Waals surface area contributed by atoms with Gasteiger partial charge < -0.3 is 5.73 Å². The Bertz CT molecular complexity index is 378. The van der Waals surface area contributed by atoms with Crippen molar-refractivity contribution in [3.8, 4) is 12.3 Å². The van der Waals surface area contributed by atoms with Crippen molar-refractivity contribution in [1.29, 1.82) is 0 Å². The van der Waals surface area contributed by atoms with Crippen LogP contribution >= 0.6 is 43.2 Å². The van der Waals surface area contributed by atoms with Crippen molar-refractivity contribution < 1.29 is 0 Å². The first-order valence-corrected chi connectivity index (χ1v) is 7.89. The first kappa shape index (κ1) is 15.2. The monoisotopic (exact) mass is 378 g/mol. The quantitative estimate of drug-likeness (QED) is 0.740. The van der Waals surface area contributed by atoms with Crippen molar-refractivity contribution in [1.82, 2.24) is 5.32 Å². The number of rotatable bonds is 6. The van der Waals surface area contributed by atoms with E-state index in [0.717, 1.165) is 21.1 Å². The van der Waals surface area contributed by atoms with Crippen LogP contribution in [0.15, 0.2) is 14.3 Å². The van der Waals surface area contributed by atoms with Crippen molar-refractivity contribution in [2.24, 2.45) is 5.73 Å². The molecule has 3 N–H and O–H groups in total. The maximum Gasteiger partial charge on any atom is 0.0843 e. The summed E-state index contributed by atoms with van der Waals surface area (Å²) in [6.07, 6.45) is 7.55. The molecule has 5 heteroatoms. The summed E-state index contributed by atoms with van der Waals surface area (Å²) in [4.78, 5) is 1.20. The van der Waals surface area contributed by atoms with Crippen LogP contribution in [-0.2, 0) is 0 Å². The molecule has 0 aliphatic carbocycles. The topological polar surface area (TPSA) is 38.0 Å². The predicted octanol–water partition coefficient (Wildman–Crippen LogP) is 3.66. The van der Waals surface area contributed by atoms with E-state index in [1.807, 2.05) is 0 Å². The van der Waals surface area contributed by atoms with Gasteiger partial charge in [-0.3, -0.25) is 5.32 Å². The lowest BCUT2D eigenvalue weighted by atomic mass is 10.1. The molecule has 0 bridgehead atoms. The van der Waals surface area contributed by atoms with E-state index in [1.165, 1.54) is 4.88 Å². The van der Waals surface area contributed by atoms with Crippen LogP contribution in [0.25, 0.3) is 0 Å². The van der Waals surface area contributed by atoms with Gasteiger partial charge in [0.15, 0.2) is 0 Å². The van der Waals surface area contributed by atoms with E-state index in [2.05, 4.69) is 56.1 Å². The Morgan fingerprint density at radius 3 is 2.71 bits per heavy atom. The highest BCUT2D eigenvalue weighted by molar-refractivity contribution is 9.13. The Labute approximate surface area is 124 Å². The molecular weight excluding hydrogens is 364 g/mol. The Kier molecular flexibility index (Phi) is 6.75. The molecule has 0 aliphatic rings. The molecule has 2 unspecified atom stereocenters. The van der Waals surface area contributed by atoms with E-state index in [1.54, 1.807) is 11.3 Å². The Balaban J connectivity index is 2.75. The summed E-state index contributed by atoms with van der Waals surface area (Å²) >= 11 is 8.65. The lowest BCUT2D eigenvalue weighted by molar-refractivity contribution is 0.480. The van der Waals surface area contributed by atoms with Gasteiger partial charge in [0.25, 0.3) is 0 Å². The van der Waals surface area contributed by atoms with E-state index >= 15 is 0 Å². The van der Waals surface area contributed by atoms with Crippen LogP contribution in [0.1, 0.15) is 30.7 Å². The zero-order chi connectivity index (χ0) is 12.8. The minimum Gasteiger partial charge on any atom is -0.329 e. The van der Waals surface area contributed by atoms with Gasteiger partial charge in [-0.25, -0.2) is 0 Å². The van der Waals surface area contributed by atoms with Gasteiger partial charge in [-0.15, -0.1) is 17.8 Å². The van der Waals surface area contributed by atoms with Crippen molar-refractivity contribution in [3.63, 3.8) is 0 Å². The van der Waals surface area contributed by atoms with Crippen LogP contribution in [-0.4, -0.2) is 12.6 Å². The van der Waals surface area contributed by atoms with Gasteiger partial charge in [0.2, 0.25) is 0 Å². The number of hydrogen-bond donors (Lipinski definition) is 2. The third kappa shape index (κ3) is 4.38. The molecule has 0 spiro atoms. The number of hydrogen-bond acceptors (Lipinski definition) is 3. The maximum absolute atomic E-state index is 5.81. The van der Waals surface area contributed by atoms with Crippen molar-refractivity contribution in [2.45, 2.75) is 31.8 Å². The number of thiophene rings is 1. The van der Waals surface area contributed by atoms with Gasteiger partial charge in [0.1, 0.15) is 0 Å². The van der Waals surface area contributed by atoms with E-state index in [-0.39, 0.29) is 12.1 Å². The molecule has 2 atom stereocenters. The second-order valence-electron chi connectivity index (χ2n) is 3.73. The molecule has 0 aromatic carbocycles. The molecule has 1 rings (SSSR count). The zero-order valence-electron chi connectivity index (χ0n) is 9.67. The Morgan fingerprint density at radius 2 is 2.29 bits per heavy atom. The smallest absolute Gasteiger partial charge is 0.0843 e. The molecule has 0 saturated heterocycles. The lowest BCUT2D eigenvalue weighted by Crippen LogP contribution is -2.35. The first-order chi connectivity index (χ1) is 8.12. The summed E-state index contributed by atoms with van der Waals surface area (Å²) in [6.45, 7) is 2.67. The van der Waals surface area contributed by atoms with Crippen LogP contribution in [0.5, 0.6) is 0 Å². The minimum atomic E-state index is 0.0909. The minimum absolute atomic E-state index is 0.0909. The molecule has 1 aromatic rings. The maximum atomic E-state index is 5.81. The first-order valence-electron chi connectivity index (χ1n) is 5.49. The number of halogens is 2. The summed E-state index contributed by atoms with van der Waals surface area (Å²) < 4.78 is 2.14. The van der Waals surface area contributed by atoms with E-state index in [9.17, 15) is 0 Å². The van der Waals surface area contributed by atoms with E-state index in [0.29, 0.717) is 6.54 Å². The Hall–Kier alpha value is 0.140. The second kappa shape index (κ2) is 7.55. The third-order valence-corrected chi connectivity index (χ3v) is 5.79. The fraction of sp³-hybridized carbons (Fsp3) is 0.500. The summed E-state index contributed by atoms with van der Waals surface area (Å²) in [6, 6.07) is 2.29. The molecule has 2 nitrogen and oxygen atoms in total.